The van der Waals surface area contributed by atoms with Gasteiger partial charge in [0.2, 0.25) is 0 Å². The number of nitrogens with one attached hydrogen (secondary N) is 1. The van der Waals surface area contributed by atoms with Gasteiger partial charge in [-0.15, -0.1) is 0 Å². The molecule has 0 aliphatic carbocycles. The monoisotopic (exact) mass is 295 g/mol. The van der Waals surface area contributed by atoms with E-state index in [0.717, 1.165) is 12.3 Å². The minimum Gasteiger partial charge on any atom is -0.507 e. The molecule has 0 fully saturated rings. The third kappa shape index (κ3) is 5.09. The Bertz CT molecular complexity index is 590. The molecule has 1 aromatic rings. The number of hydrogen-bond acceptors (Lipinski definition) is 6. The molecular formula is C13H17N3O5. The van der Waals surface area contributed by atoms with E-state index in [2.05, 4.69) is 10.5 Å². The summed E-state index contributed by atoms with van der Waals surface area (Å²) in [4.78, 5) is 21.5. The van der Waals surface area contributed by atoms with Crippen LogP contribution in [0.2, 0.25) is 0 Å². The van der Waals surface area contributed by atoms with Gasteiger partial charge in [0, 0.05) is 17.7 Å². The van der Waals surface area contributed by atoms with Crippen molar-refractivity contribution in [2.75, 3.05) is 0 Å². The lowest BCUT2D eigenvalue weighted by molar-refractivity contribution is -0.384. The summed E-state index contributed by atoms with van der Waals surface area (Å²) in [6, 6.07) is 2.40. The number of non-ortho nitro benzene ring substituents is 1. The minimum absolute atomic E-state index is 0.123. The number of aryl methyl sites for hydroxylation is 1. The van der Waals surface area contributed by atoms with Crippen LogP contribution in [0.3, 0.4) is 0 Å². The highest BCUT2D eigenvalue weighted by Gasteiger charge is 2.16. The number of amides is 1. The van der Waals surface area contributed by atoms with Gasteiger partial charge in [-0.25, -0.2) is 10.2 Å². The van der Waals surface area contributed by atoms with Crippen molar-refractivity contribution in [2.45, 2.75) is 33.3 Å². The van der Waals surface area contributed by atoms with Crippen LogP contribution < -0.4 is 5.43 Å². The summed E-state index contributed by atoms with van der Waals surface area (Å²) in [5.41, 5.74) is 1.73. The standard InChI is InChI=1S/C13H17N3O5/c1-8-5-10(16(19)20)6-9(11(8)17)7-14-15-12(18)21-13(2,3)4/h5-7,17H,1-4H3,(H,15,18)/b14-7-. The third-order valence-electron chi connectivity index (χ3n) is 2.28. The lowest BCUT2D eigenvalue weighted by Crippen LogP contribution is -2.29. The summed E-state index contributed by atoms with van der Waals surface area (Å²) in [5.74, 6) is -0.143. The molecule has 0 atom stereocenters. The van der Waals surface area contributed by atoms with Crippen molar-refractivity contribution >= 4 is 18.0 Å². The van der Waals surface area contributed by atoms with Crippen LogP contribution in [-0.2, 0) is 4.74 Å². The van der Waals surface area contributed by atoms with Gasteiger partial charge < -0.3 is 9.84 Å². The quantitative estimate of drug-likeness (QED) is 0.505. The van der Waals surface area contributed by atoms with Crippen LogP contribution in [0.25, 0.3) is 0 Å². The first kappa shape index (κ1) is 16.4. The van der Waals surface area contributed by atoms with Crippen molar-refractivity contribution in [2.24, 2.45) is 5.10 Å². The maximum atomic E-state index is 11.4. The Balaban J connectivity index is 2.85. The highest BCUT2D eigenvalue weighted by Crippen LogP contribution is 2.26. The van der Waals surface area contributed by atoms with Crippen LogP contribution in [-0.4, -0.2) is 27.9 Å². The molecule has 0 aliphatic heterocycles. The van der Waals surface area contributed by atoms with Crippen LogP contribution in [0.5, 0.6) is 5.75 Å². The van der Waals surface area contributed by atoms with Crippen molar-refractivity contribution in [3.63, 3.8) is 0 Å². The summed E-state index contributed by atoms with van der Waals surface area (Å²) in [6.07, 6.45) is 0.347. The highest BCUT2D eigenvalue weighted by atomic mass is 16.6. The van der Waals surface area contributed by atoms with Gasteiger partial charge in [-0.3, -0.25) is 10.1 Å². The summed E-state index contributed by atoms with van der Waals surface area (Å²) in [6.45, 7) is 6.63. The number of hydrogen-bond donors (Lipinski definition) is 2. The lowest BCUT2D eigenvalue weighted by atomic mass is 10.1. The van der Waals surface area contributed by atoms with E-state index in [-0.39, 0.29) is 17.0 Å². The number of nitro benzene ring substituents is 1. The molecule has 8 heteroatoms. The number of benzene rings is 1. The molecule has 0 unspecified atom stereocenters. The zero-order chi connectivity index (χ0) is 16.2. The topological polar surface area (TPSA) is 114 Å². The Morgan fingerprint density at radius 1 is 1.48 bits per heavy atom. The molecule has 0 aromatic heterocycles. The number of carbonyl (C=O) groups is 1. The molecule has 0 saturated carbocycles. The summed E-state index contributed by atoms with van der Waals surface area (Å²) < 4.78 is 4.96. The first-order chi connectivity index (χ1) is 9.60. The van der Waals surface area contributed by atoms with Crippen LogP contribution in [0, 0.1) is 17.0 Å². The first-order valence-electron chi connectivity index (χ1n) is 6.10. The zero-order valence-corrected chi connectivity index (χ0v) is 12.2. The van der Waals surface area contributed by atoms with Gasteiger partial charge in [-0.2, -0.15) is 5.10 Å². The number of ether oxygens (including phenoxy) is 1. The zero-order valence-electron chi connectivity index (χ0n) is 12.2. The maximum absolute atomic E-state index is 11.4. The van der Waals surface area contributed by atoms with Crippen LogP contribution in [0.15, 0.2) is 17.2 Å². The fourth-order valence-corrected chi connectivity index (χ4v) is 1.45. The van der Waals surface area contributed by atoms with Gasteiger partial charge in [-0.05, 0) is 33.3 Å². The average molecular weight is 295 g/mol. The van der Waals surface area contributed by atoms with Crippen molar-refractivity contribution in [1.29, 1.82) is 0 Å². The Labute approximate surface area is 121 Å². The second-order valence-electron chi connectivity index (χ2n) is 5.33. The van der Waals surface area contributed by atoms with Crippen molar-refractivity contribution in [3.8, 4) is 5.75 Å². The summed E-state index contributed by atoms with van der Waals surface area (Å²) >= 11 is 0. The molecule has 0 aliphatic rings. The second-order valence-corrected chi connectivity index (χ2v) is 5.33. The highest BCUT2D eigenvalue weighted by molar-refractivity contribution is 5.86. The fraction of sp³-hybridized carbons (Fsp3) is 0.385. The van der Waals surface area contributed by atoms with Gasteiger partial charge in [0.1, 0.15) is 11.4 Å². The molecule has 114 valence electrons. The largest absolute Gasteiger partial charge is 0.507 e. The fourth-order valence-electron chi connectivity index (χ4n) is 1.45. The van der Waals surface area contributed by atoms with Crippen molar-refractivity contribution < 1.29 is 19.6 Å². The van der Waals surface area contributed by atoms with Crippen LogP contribution in [0.4, 0.5) is 10.5 Å². The van der Waals surface area contributed by atoms with E-state index in [1.54, 1.807) is 20.8 Å². The van der Waals surface area contributed by atoms with Gasteiger partial charge in [-0.1, -0.05) is 0 Å². The van der Waals surface area contributed by atoms with Gasteiger partial charge in [0.05, 0.1) is 11.1 Å². The number of nitrogens with zero attached hydrogens (tertiary/aromatic N) is 2. The molecule has 1 rings (SSSR count). The number of rotatable bonds is 3. The number of hydrazone groups is 1. The number of aromatic hydroxyl groups is 1. The molecule has 8 nitrogen and oxygen atoms in total. The molecular weight excluding hydrogens is 278 g/mol. The van der Waals surface area contributed by atoms with Gasteiger partial charge >= 0.3 is 6.09 Å². The van der Waals surface area contributed by atoms with E-state index in [1.807, 2.05) is 0 Å². The van der Waals surface area contributed by atoms with E-state index in [4.69, 9.17) is 4.74 Å². The average Bonchev–Trinajstić information content (AvgIpc) is 2.31. The molecule has 0 saturated heterocycles. The Hall–Kier alpha value is -2.64. The van der Waals surface area contributed by atoms with E-state index < -0.39 is 16.6 Å². The summed E-state index contributed by atoms with van der Waals surface area (Å²) in [5, 5.41) is 24.1. The van der Waals surface area contributed by atoms with E-state index >= 15 is 0 Å². The van der Waals surface area contributed by atoms with Crippen LogP contribution >= 0.6 is 0 Å². The number of nitro groups is 1. The van der Waals surface area contributed by atoms with Gasteiger partial charge in [0.15, 0.2) is 0 Å². The van der Waals surface area contributed by atoms with E-state index in [0.29, 0.717) is 5.56 Å². The first-order valence-corrected chi connectivity index (χ1v) is 6.10. The molecule has 0 radical (unpaired) electrons. The summed E-state index contributed by atoms with van der Waals surface area (Å²) in [7, 11) is 0. The van der Waals surface area contributed by atoms with E-state index in [1.165, 1.54) is 13.0 Å². The molecule has 1 aromatic carbocycles. The predicted molar refractivity (Wildman–Crippen MR) is 76.5 cm³/mol. The normalized spacial score (nSPS) is 11.4. The molecule has 0 heterocycles. The Morgan fingerprint density at radius 2 is 2.10 bits per heavy atom. The molecule has 21 heavy (non-hydrogen) atoms. The minimum atomic E-state index is -0.764. The Morgan fingerprint density at radius 3 is 2.62 bits per heavy atom. The number of phenols is 1. The molecule has 1 amide bonds. The Kier molecular flexibility index (Phi) is 4.85. The van der Waals surface area contributed by atoms with Gasteiger partial charge in [0.25, 0.3) is 5.69 Å². The van der Waals surface area contributed by atoms with E-state index in [9.17, 15) is 20.0 Å². The third-order valence-corrected chi connectivity index (χ3v) is 2.28. The smallest absolute Gasteiger partial charge is 0.428 e. The van der Waals surface area contributed by atoms with Crippen molar-refractivity contribution in [3.05, 3.63) is 33.4 Å². The van der Waals surface area contributed by atoms with Crippen LogP contribution in [0.1, 0.15) is 31.9 Å². The molecule has 0 bridgehead atoms. The molecule has 0 spiro atoms. The predicted octanol–water partition coefficient (Wildman–Crippen LogP) is 2.47. The number of carbonyl (C=O) groups excluding carboxylic acids is 1. The molecule has 2 N–H and O–H groups in total. The second kappa shape index (κ2) is 6.21. The maximum Gasteiger partial charge on any atom is 0.428 e. The SMILES string of the molecule is Cc1cc([N+](=O)[O-])cc(/C=N\NC(=O)OC(C)(C)C)c1O. The number of phenolic OH excluding ortho intramolecular Hbond substituents is 1. The van der Waals surface area contributed by atoms with Crippen molar-refractivity contribution in [1.82, 2.24) is 5.43 Å². The lowest BCUT2D eigenvalue weighted by Gasteiger charge is -2.18.